The topological polar surface area (TPSA) is 56.2 Å². The second kappa shape index (κ2) is 6.83. The number of carbonyl (C=O) groups is 1. The van der Waals surface area contributed by atoms with E-state index in [4.69, 9.17) is 27.9 Å². The zero-order valence-electron chi connectivity index (χ0n) is 11.6. The molecule has 0 aliphatic rings. The Balaban J connectivity index is 2.00. The number of amides is 1. The molecule has 0 aliphatic heterocycles. The number of nitrogens with one attached hydrogen (secondary N) is 1. The van der Waals surface area contributed by atoms with E-state index in [2.05, 4.69) is 10.4 Å². The molecule has 2 rings (SSSR count). The van der Waals surface area contributed by atoms with E-state index in [1.807, 2.05) is 13.8 Å². The minimum atomic E-state index is -0.218. The Kier molecular flexibility index (Phi) is 5.09. The molecular formula is C14H15Cl2N3O2. The molecule has 1 N–H and O–H groups in total. The fourth-order valence-electron chi connectivity index (χ4n) is 1.62. The maximum absolute atomic E-state index is 11.8. The van der Waals surface area contributed by atoms with Crippen molar-refractivity contribution < 1.29 is 9.53 Å². The SMILES string of the molecule is CC(C)NC(=O)c1ccn(COc2cccc(Cl)c2Cl)n1. The van der Waals surface area contributed by atoms with Crippen LogP contribution in [0.5, 0.6) is 5.75 Å². The molecule has 0 saturated carbocycles. The summed E-state index contributed by atoms with van der Waals surface area (Å²) in [5.41, 5.74) is 0.337. The number of carbonyl (C=O) groups excluding carboxylic acids is 1. The number of benzene rings is 1. The van der Waals surface area contributed by atoms with Gasteiger partial charge in [-0.25, -0.2) is 4.68 Å². The lowest BCUT2D eigenvalue weighted by molar-refractivity contribution is 0.0936. The highest BCUT2D eigenvalue weighted by atomic mass is 35.5. The van der Waals surface area contributed by atoms with Crippen molar-refractivity contribution in [2.75, 3.05) is 0 Å². The van der Waals surface area contributed by atoms with Gasteiger partial charge in [0.05, 0.1) is 5.02 Å². The number of rotatable bonds is 5. The summed E-state index contributed by atoms with van der Waals surface area (Å²) in [5.74, 6) is 0.248. The molecule has 0 spiro atoms. The Morgan fingerprint density at radius 1 is 1.38 bits per heavy atom. The van der Waals surface area contributed by atoms with Crippen molar-refractivity contribution in [1.29, 1.82) is 0 Å². The van der Waals surface area contributed by atoms with Gasteiger partial charge in [-0.3, -0.25) is 4.79 Å². The molecular weight excluding hydrogens is 313 g/mol. The quantitative estimate of drug-likeness (QED) is 0.916. The minimum absolute atomic E-state index is 0.0594. The van der Waals surface area contributed by atoms with Gasteiger partial charge < -0.3 is 10.1 Å². The molecule has 1 aromatic carbocycles. The van der Waals surface area contributed by atoms with E-state index in [1.165, 1.54) is 4.68 Å². The van der Waals surface area contributed by atoms with E-state index < -0.39 is 0 Å². The van der Waals surface area contributed by atoms with Gasteiger partial charge in [-0.1, -0.05) is 29.3 Å². The van der Waals surface area contributed by atoms with Gasteiger partial charge in [-0.05, 0) is 32.0 Å². The Morgan fingerprint density at radius 3 is 2.86 bits per heavy atom. The lowest BCUT2D eigenvalue weighted by atomic mass is 10.3. The van der Waals surface area contributed by atoms with Crippen molar-refractivity contribution in [2.45, 2.75) is 26.6 Å². The predicted octanol–water partition coefficient (Wildman–Crippen LogP) is 3.36. The van der Waals surface area contributed by atoms with Gasteiger partial charge in [-0.15, -0.1) is 0 Å². The van der Waals surface area contributed by atoms with E-state index in [0.29, 0.717) is 21.5 Å². The van der Waals surface area contributed by atoms with Crippen LogP contribution < -0.4 is 10.1 Å². The fourth-order valence-corrected chi connectivity index (χ4v) is 1.97. The zero-order chi connectivity index (χ0) is 15.4. The van der Waals surface area contributed by atoms with Crippen LogP contribution in [0.3, 0.4) is 0 Å². The van der Waals surface area contributed by atoms with E-state index >= 15 is 0 Å². The molecule has 2 aromatic rings. The Labute approximate surface area is 132 Å². The third kappa shape index (κ3) is 4.12. The fraction of sp³-hybridized carbons (Fsp3) is 0.286. The first-order valence-electron chi connectivity index (χ1n) is 6.38. The molecule has 1 amide bonds. The predicted molar refractivity (Wildman–Crippen MR) is 81.9 cm³/mol. The van der Waals surface area contributed by atoms with Crippen LogP contribution in [0, 0.1) is 0 Å². The van der Waals surface area contributed by atoms with Crippen molar-refractivity contribution in [3.8, 4) is 5.75 Å². The molecule has 0 saturated heterocycles. The smallest absolute Gasteiger partial charge is 0.271 e. The molecule has 0 bridgehead atoms. The number of aromatic nitrogens is 2. The van der Waals surface area contributed by atoms with Crippen LogP contribution in [-0.2, 0) is 6.73 Å². The molecule has 112 valence electrons. The standard InChI is InChI=1S/C14H15Cl2N3O2/c1-9(2)17-14(20)11-6-7-19(18-11)8-21-12-5-3-4-10(15)13(12)16/h3-7,9H,8H2,1-2H3,(H,17,20). The van der Waals surface area contributed by atoms with Crippen molar-refractivity contribution in [3.63, 3.8) is 0 Å². The summed E-state index contributed by atoms with van der Waals surface area (Å²) in [5, 5.41) is 7.68. The van der Waals surface area contributed by atoms with E-state index in [0.717, 1.165) is 0 Å². The third-order valence-corrected chi connectivity index (χ3v) is 3.36. The molecule has 1 heterocycles. The highest BCUT2D eigenvalue weighted by Crippen LogP contribution is 2.31. The second-order valence-electron chi connectivity index (χ2n) is 4.69. The summed E-state index contributed by atoms with van der Waals surface area (Å²) >= 11 is 11.9. The molecule has 7 heteroatoms. The van der Waals surface area contributed by atoms with Crippen LogP contribution in [0.25, 0.3) is 0 Å². The number of ether oxygens (including phenoxy) is 1. The first-order valence-corrected chi connectivity index (χ1v) is 7.14. The Hall–Kier alpha value is -1.72. The second-order valence-corrected chi connectivity index (χ2v) is 5.48. The largest absolute Gasteiger partial charge is 0.470 e. The molecule has 0 unspecified atom stereocenters. The molecule has 0 fully saturated rings. The Morgan fingerprint density at radius 2 is 2.14 bits per heavy atom. The summed E-state index contributed by atoms with van der Waals surface area (Å²) in [7, 11) is 0. The van der Waals surface area contributed by atoms with E-state index in [9.17, 15) is 4.79 Å². The maximum atomic E-state index is 11.8. The Bertz CT molecular complexity index is 641. The molecule has 21 heavy (non-hydrogen) atoms. The van der Waals surface area contributed by atoms with E-state index in [1.54, 1.807) is 30.5 Å². The third-order valence-electron chi connectivity index (χ3n) is 2.56. The number of halogens is 2. The van der Waals surface area contributed by atoms with Crippen LogP contribution in [0.15, 0.2) is 30.5 Å². The lowest BCUT2D eigenvalue weighted by Gasteiger charge is -2.09. The van der Waals surface area contributed by atoms with Gasteiger partial charge in [0, 0.05) is 12.2 Å². The number of hydrogen-bond acceptors (Lipinski definition) is 3. The summed E-state index contributed by atoms with van der Waals surface area (Å²) in [6.45, 7) is 3.91. The lowest BCUT2D eigenvalue weighted by Crippen LogP contribution is -2.30. The average Bonchev–Trinajstić information content (AvgIpc) is 2.89. The van der Waals surface area contributed by atoms with Crippen molar-refractivity contribution >= 4 is 29.1 Å². The molecule has 0 aliphatic carbocycles. The normalized spacial score (nSPS) is 10.7. The molecule has 0 radical (unpaired) electrons. The number of nitrogens with zero attached hydrogens (tertiary/aromatic N) is 2. The summed E-state index contributed by atoms with van der Waals surface area (Å²) in [6, 6.07) is 6.82. The van der Waals surface area contributed by atoms with Crippen molar-refractivity contribution in [2.24, 2.45) is 0 Å². The van der Waals surface area contributed by atoms with Crippen LogP contribution in [-0.4, -0.2) is 21.7 Å². The first-order chi connectivity index (χ1) is 9.97. The summed E-state index contributed by atoms with van der Waals surface area (Å²) < 4.78 is 7.04. The molecule has 5 nitrogen and oxygen atoms in total. The van der Waals surface area contributed by atoms with Crippen LogP contribution in [0.1, 0.15) is 24.3 Å². The van der Waals surface area contributed by atoms with Gasteiger partial charge in [0.1, 0.15) is 16.5 Å². The van der Waals surface area contributed by atoms with Gasteiger partial charge in [0.15, 0.2) is 6.73 Å². The average molecular weight is 328 g/mol. The van der Waals surface area contributed by atoms with Crippen molar-refractivity contribution in [3.05, 3.63) is 46.2 Å². The van der Waals surface area contributed by atoms with E-state index in [-0.39, 0.29) is 18.7 Å². The van der Waals surface area contributed by atoms with Gasteiger partial charge >= 0.3 is 0 Å². The summed E-state index contributed by atoms with van der Waals surface area (Å²) in [6.07, 6.45) is 1.66. The van der Waals surface area contributed by atoms with Crippen LogP contribution in [0.2, 0.25) is 10.0 Å². The number of hydrogen-bond donors (Lipinski definition) is 1. The van der Waals surface area contributed by atoms with Crippen LogP contribution >= 0.6 is 23.2 Å². The summed E-state index contributed by atoms with van der Waals surface area (Å²) in [4.78, 5) is 11.8. The monoisotopic (exact) mass is 327 g/mol. The highest BCUT2D eigenvalue weighted by molar-refractivity contribution is 6.42. The van der Waals surface area contributed by atoms with Crippen molar-refractivity contribution in [1.82, 2.24) is 15.1 Å². The zero-order valence-corrected chi connectivity index (χ0v) is 13.1. The maximum Gasteiger partial charge on any atom is 0.271 e. The van der Waals surface area contributed by atoms with Gasteiger partial charge in [0.2, 0.25) is 0 Å². The van der Waals surface area contributed by atoms with Crippen LogP contribution in [0.4, 0.5) is 0 Å². The van der Waals surface area contributed by atoms with Gasteiger partial charge in [0.25, 0.3) is 5.91 Å². The highest BCUT2D eigenvalue weighted by Gasteiger charge is 2.11. The minimum Gasteiger partial charge on any atom is -0.470 e. The molecule has 0 atom stereocenters. The van der Waals surface area contributed by atoms with Gasteiger partial charge in [-0.2, -0.15) is 5.10 Å². The molecule has 1 aromatic heterocycles. The first kappa shape index (κ1) is 15.7.